The summed E-state index contributed by atoms with van der Waals surface area (Å²) in [7, 11) is 0. The van der Waals surface area contributed by atoms with Gasteiger partial charge in [0.05, 0.1) is 21.5 Å². The van der Waals surface area contributed by atoms with Gasteiger partial charge in [-0.15, -0.1) is 0 Å². The second-order valence-electron chi connectivity index (χ2n) is 7.01. The van der Waals surface area contributed by atoms with E-state index in [4.69, 9.17) is 0 Å². The van der Waals surface area contributed by atoms with Crippen LogP contribution in [0.3, 0.4) is 0 Å². The molecule has 0 saturated heterocycles. The number of carbonyl (C=O) groups is 1. The standard InChI is InChI=1S/C21H16N8O5/c1-13-22-6-7-27(13)20-11-19(23-12-24-20)25-15-2-4-16(5-3-15)26-21(30)14-8-17(28(31)32)10-18(9-14)29(33)34/h2-12H,1H3,(H,26,30)(H,23,24,25). The number of rotatable bonds is 7. The minimum Gasteiger partial charge on any atom is -0.340 e. The average molecular weight is 460 g/mol. The molecule has 34 heavy (non-hydrogen) atoms. The number of carbonyl (C=O) groups excluding carboxylic acids is 1. The first kappa shape index (κ1) is 22.0. The van der Waals surface area contributed by atoms with Crippen LogP contribution in [0.5, 0.6) is 0 Å². The predicted molar refractivity (Wildman–Crippen MR) is 121 cm³/mol. The molecule has 2 N–H and O–H groups in total. The molecule has 4 rings (SSSR count). The SMILES string of the molecule is Cc1nccn1-c1cc(Nc2ccc(NC(=O)c3cc([N+](=O)[O-])cc([N+](=O)[O-])c3)cc2)ncn1. The van der Waals surface area contributed by atoms with Gasteiger partial charge in [0.1, 0.15) is 23.8 Å². The Morgan fingerprint density at radius 2 is 1.56 bits per heavy atom. The van der Waals surface area contributed by atoms with Gasteiger partial charge in [-0.3, -0.25) is 29.6 Å². The molecule has 4 aromatic rings. The number of hydrogen-bond donors (Lipinski definition) is 2. The highest BCUT2D eigenvalue weighted by Crippen LogP contribution is 2.24. The molecule has 2 aromatic carbocycles. The molecule has 0 saturated carbocycles. The van der Waals surface area contributed by atoms with Gasteiger partial charge in [-0.1, -0.05) is 0 Å². The molecule has 170 valence electrons. The zero-order chi connectivity index (χ0) is 24.2. The maximum atomic E-state index is 12.5. The smallest absolute Gasteiger partial charge is 0.277 e. The van der Waals surface area contributed by atoms with E-state index in [1.54, 1.807) is 42.7 Å². The van der Waals surface area contributed by atoms with Gasteiger partial charge < -0.3 is 10.6 Å². The molecule has 0 atom stereocenters. The fourth-order valence-corrected chi connectivity index (χ4v) is 3.09. The van der Waals surface area contributed by atoms with Crippen LogP contribution in [-0.4, -0.2) is 35.3 Å². The molecular formula is C21H16N8O5. The molecule has 0 aliphatic rings. The van der Waals surface area contributed by atoms with Gasteiger partial charge >= 0.3 is 0 Å². The summed E-state index contributed by atoms with van der Waals surface area (Å²) in [5, 5.41) is 27.8. The third-order valence-electron chi connectivity index (χ3n) is 4.73. The van der Waals surface area contributed by atoms with Crippen LogP contribution in [0.2, 0.25) is 0 Å². The van der Waals surface area contributed by atoms with Crippen molar-refractivity contribution in [3.8, 4) is 5.82 Å². The van der Waals surface area contributed by atoms with E-state index in [1.165, 1.54) is 6.33 Å². The summed E-state index contributed by atoms with van der Waals surface area (Å²) < 4.78 is 1.81. The van der Waals surface area contributed by atoms with Crippen LogP contribution < -0.4 is 10.6 Å². The van der Waals surface area contributed by atoms with E-state index < -0.39 is 27.1 Å². The van der Waals surface area contributed by atoms with Gasteiger partial charge in [-0.2, -0.15) is 0 Å². The van der Waals surface area contributed by atoms with E-state index in [-0.39, 0.29) is 5.56 Å². The molecule has 1 amide bonds. The van der Waals surface area contributed by atoms with Crippen molar-refractivity contribution in [2.75, 3.05) is 10.6 Å². The number of anilines is 3. The Bertz CT molecular complexity index is 1370. The second-order valence-corrected chi connectivity index (χ2v) is 7.01. The molecular weight excluding hydrogens is 444 g/mol. The number of nitrogens with zero attached hydrogens (tertiary/aromatic N) is 6. The predicted octanol–water partition coefficient (Wildman–Crippen LogP) is 3.78. The number of non-ortho nitro benzene ring substituents is 2. The summed E-state index contributed by atoms with van der Waals surface area (Å²) in [5.41, 5.74) is -0.229. The number of aromatic nitrogens is 4. The number of benzene rings is 2. The van der Waals surface area contributed by atoms with Crippen LogP contribution in [-0.2, 0) is 0 Å². The van der Waals surface area contributed by atoms with Crippen molar-refractivity contribution in [1.82, 2.24) is 19.5 Å². The quantitative estimate of drug-likeness (QED) is 0.307. The normalized spacial score (nSPS) is 10.5. The number of hydrogen-bond acceptors (Lipinski definition) is 9. The highest BCUT2D eigenvalue weighted by Gasteiger charge is 2.20. The highest BCUT2D eigenvalue weighted by atomic mass is 16.6. The molecule has 0 radical (unpaired) electrons. The lowest BCUT2D eigenvalue weighted by atomic mass is 10.1. The first-order chi connectivity index (χ1) is 16.3. The molecule has 0 unspecified atom stereocenters. The van der Waals surface area contributed by atoms with Gasteiger partial charge in [0.15, 0.2) is 0 Å². The minimum atomic E-state index is -0.795. The molecule has 2 heterocycles. The van der Waals surface area contributed by atoms with Gasteiger partial charge in [-0.05, 0) is 31.2 Å². The molecule has 13 nitrogen and oxygen atoms in total. The summed E-state index contributed by atoms with van der Waals surface area (Å²) >= 11 is 0. The lowest BCUT2D eigenvalue weighted by Gasteiger charge is -2.10. The fourth-order valence-electron chi connectivity index (χ4n) is 3.09. The first-order valence-electron chi connectivity index (χ1n) is 9.75. The maximum Gasteiger partial charge on any atom is 0.277 e. The van der Waals surface area contributed by atoms with Crippen molar-refractivity contribution in [2.24, 2.45) is 0 Å². The van der Waals surface area contributed by atoms with Crippen molar-refractivity contribution in [2.45, 2.75) is 6.92 Å². The minimum absolute atomic E-state index is 0.202. The molecule has 0 fully saturated rings. The van der Waals surface area contributed by atoms with Crippen molar-refractivity contribution in [3.63, 3.8) is 0 Å². The van der Waals surface area contributed by atoms with E-state index >= 15 is 0 Å². The average Bonchev–Trinajstić information content (AvgIpc) is 3.26. The highest BCUT2D eigenvalue weighted by molar-refractivity contribution is 6.05. The van der Waals surface area contributed by atoms with E-state index in [9.17, 15) is 25.0 Å². The monoisotopic (exact) mass is 460 g/mol. The summed E-state index contributed by atoms with van der Waals surface area (Å²) in [6, 6.07) is 11.1. The largest absolute Gasteiger partial charge is 0.340 e. The van der Waals surface area contributed by atoms with Crippen LogP contribution in [0.15, 0.2) is 67.3 Å². The zero-order valence-corrected chi connectivity index (χ0v) is 17.6. The van der Waals surface area contributed by atoms with Crippen LogP contribution in [0, 0.1) is 27.2 Å². The van der Waals surface area contributed by atoms with E-state index in [0.29, 0.717) is 23.0 Å². The van der Waals surface area contributed by atoms with Crippen molar-refractivity contribution < 1.29 is 14.6 Å². The number of amides is 1. The first-order valence-corrected chi connectivity index (χ1v) is 9.75. The number of aryl methyl sites for hydroxylation is 1. The van der Waals surface area contributed by atoms with E-state index in [2.05, 4.69) is 25.6 Å². The summed E-state index contributed by atoms with van der Waals surface area (Å²) in [6.45, 7) is 1.86. The number of nitro groups is 2. The van der Waals surface area contributed by atoms with Crippen molar-refractivity contribution in [3.05, 3.63) is 98.9 Å². The van der Waals surface area contributed by atoms with Gasteiger partial charge in [-0.25, -0.2) is 15.0 Å². The molecule has 0 aliphatic heterocycles. The summed E-state index contributed by atoms with van der Waals surface area (Å²) in [4.78, 5) is 45.6. The number of nitro benzene ring substituents is 2. The molecule has 0 spiro atoms. The molecule has 13 heteroatoms. The Morgan fingerprint density at radius 1 is 0.912 bits per heavy atom. The lowest BCUT2D eigenvalue weighted by Crippen LogP contribution is -2.12. The Labute approximate surface area is 191 Å². The van der Waals surface area contributed by atoms with Gasteiger partial charge in [0, 0.05) is 42.0 Å². The Hall–Kier alpha value is -5.20. The van der Waals surface area contributed by atoms with Crippen LogP contribution in [0.4, 0.5) is 28.6 Å². The number of nitrogens with one attached hydrogen (secondary N) is 2. The molecule has 2 aromatic heterocycles. The van der Waals surface area contributed by atoms with E-state index in [1.807, 2.05) is 11.5 Å². The Balaban J connectivity index is 1.48. The van der Waals surface area contributed by atoms with Crippen molar-refractivity contribution in [1.29, 1.82) is 0 Å². The van der Waals surface area contributed by atoms with Gasteiger partial charge in [0.25, 0.3) is 17.3 Å². The fraction of sp³-hybridized carbons (Fsp3) is 0.0476. The lowest BCUT2D eigenvalue weighted by molar-refractivity contribution is -0.394. The second kappa shape index (κ2) is 9.12. The summed E-state index contributed by atoms with van der Waals surface area (Å²) in [5.74, 6) is 1.24. The van der Waals surface area contributed by atoms with Crippen LogP contribution >= 0.6 is 0 Å². The topological polar surface area (TPSA) is 171 Å². The third-order valence-corrected chi connectivity index (χ3v) is 4.73. The number of imidazole rings is 1. The summed E-state index contributed by atoms with van der Waals surface area (Å²) in [6.07, 6.45) is 4.88. The van der Waals surface area contributed by atoms with E-state index in [0.717, 1.165) is 24.0 Å². The zero-order valence-electron chi connectivity index (χ0n) is 17.6. The van der Waals surface area contributed by atoms with Crippen LogP contribution in [0.25, 0.3) is 5.82 Å². The Morgan fingerprint density at radius 3 is 2.15 bits per heavy atom. The Kier molecular flexibility index (Phi) is 5.90. The van der Waals surface area contributed by atoms with Crippen molar-refractivity contribution >= 4 is 34.5 Å². The maximum absolute atomic E-state index is 12.5. The van der Waals surface area contributed by atoms with Crippen LogP contribution in [0.1, 0.15) is 16.2 Å². The molecule has 0 aliphatic carbocycles. The molecule has 0 bridgehead atoms. The van der Waals surface area contributed by atoms with Gasteiger partial charge in [0.2, 0.25) is 0 Å². The third kappa shape index (κ3) is 4.83.